The molecule has 0 atom stereocenters. The van der Waals surface area contributed by atoms with E-state index in [1.165, 1.54) is 11.1 Å². The second kappa shape index (κ2) is 8.38. The van der Waals surface area contributed by atoms with Crippen LogP contribution in [0.1, 0.15) is 57.0 Å². The van der Waals surface area contributed by atoms with Gasteiger partial charge in [-0.25, -0.2) is 9.97 Å². The normalized spacial score (nSPS) is 14.3. The first-order valence-electron chi connectivity index (χ1n) is 13.0. The lowest BCUT2D eigenvalue weighted by Crippen LogP contribution is -2.32. The number of phenols is 1. The molecule has 2 aromatic carbocycles. The van der Waals surface area contributed by atoms with Crippen molar-refractivity contribution in [2.75, 3.05) is 4.90 Å². The summed E-state index contributed by atoms with van der Waals surface area (Å²) in [7, 11) is 0. The Kier molecular flexibility index (Phi) is 5.32. The van der Waals surface area contributed by atoms with Crippen molar-refractivity contribution in [2.45, 2.75) is 52.4 Å². The lowest BCUT2D eigenvalue weighted by Gasteiger charge is -2.40. The van der Waals surface area contributed by atoms with Crippen molar-refractivity contribution in [3.63, 3.8) is 0 Å². The van der Waals surface area contributed by atoms with E-state index in [1.807, 2.05) is 43.6 Å². The van der Waals surface area contributed by atoms with Gasteiger partial charge in [-0.2, -0.15) is 0 Å². The number of hydrogen-bond acceptors (Lipinski definition) is 5. The zero-order chi connectivity index (χ0) is 26.8. The monoisotopic (exact) mass is 500 g/mol. The van der Waals surface area contributed by atoms with Crippen LogP contribution in [-0.2, 0) is 10.8 Å². The van der Waals surface area contributed by atoms with Crippen LogP contribution < -0.4 is 4.90 Å². The SMILES string of the molecule is Cc1ccc(O)c2nc(-c3ccc4c(c3)N(c3cc(C(C)(C)C)ccn3)c3cccnc3C4(C)C)ccc12. The number of aromatic hydroxyl groups is 1. The average Bonchev–Trinajstić information content (AvgIpc) is 2.90. The van der Waals surface area contributed by atoms with Crippen molar-refractivity contribution in [1.29, 1.82) is 0 Å². The van der Waals surface area contributed by atoms with E-state index >= 15 is 0 Å². The summed E-state index contributed by atoms with van der Waals surface area (Å²) in [5.74, 6) is 1.05. The summed E-state index contributed by atoms with van der Waals surface area (Å²) in [4.78, 5) is 16.8. The fourth-order valence-corrected chi connectivity index (χ4v) is 5.48. The molecule has 38 heavy (non-hydrogen) atoms. The van der Waals surface area contributed by atoms with Gasteiger partial charge in [-0.05, 0) is 85.3 Å². The number of benzene rings is 2. The van der Waals surface area contributed by atoms with Crippen LogP contribution in [-0.4, -0.2) is 20.1 Å². The molecule has 6 rings (SSSR count). The summed E-state index contributed by atoms with van der Waals surface area (Å²) in [5, 5.41) is 11.5. The van der Waals surface area contributed by atoms with Gasteiger partial charge in [-0.15, -0.1) is 0 Å². The first kappa shape index (κ1) is 24.1. The molecule has 5 heteroatoms. The van der Waals surface area contributed by atoms with E-state index in [0.717, 1.165) is 45.1 Å². The minimum atomic E-state index is -0.297. The smallest absolute Gasteiger partial charge is 0.141 e. The van der Waals surface area contributed by atoms with E-state index in [1.54, 1.807) is 6.07 Å². The Morgan fingerprint density at radius 2 is 1.66 bits per heavy atom. The van der Waals surface area contributed by atoms with Gasteiger partial charge in [-0.1, -0.05) is 45.0 Å². The van der Waals surface area contributed by atoms with E-state index in [9.17, 15) is 5.11 Å². The van der Waals surface area contributed by atoms with Crippen LogP contribution in [0, 0.1) is 6.92 Å². The average molecular weight is 501 g/mol. The van der Waals surface area contributed by atoms with Gasteiger partial charge in [0, 0.05) is 28.8 Å². The molecule has 5 aromatic rings. The second-order valence-electron chi connectivity index (χ2n) is 11.7. The van der Waals surface area contributed by atoms with E-state index in [4.69, 9.17) is 15.0 Å². The summed E-state index contributed by atoms with van der Waals surface area (Å²) >= 11 is 0. The highest BCUT2D eigenvalue weighted by atomic mass is 16.3. The van der Waals surface area contributed by atoms with Gasteiger partial charge in [-0.3, -0.25) is 9.88 Å². The maximum Gasteiger partial charge on any atom is 0.141 e. The van der Waals surface area contributed by atoms with Gasteiger partial charge in [0.25, 0.3) is 0 Å². The van der Waals surface area contributed by atoms with Crippen molar-refractivity contribution < 1.29 is 5.11 Å². The summed E-state index contributed by atoms with van der Waals surface area (Å²) < 4.78 is 0. The lowest BCUT2D eigenvalue weighted by molar-refractivity contribution is 0.480. The predicted octanol–water partition coefficient (Wildman–Crippen LogP) is 8.11. The Morgan fingerprint density at radius 1 is 0.842 bits per heavy atom. The molecule has 0 saturated carbocycles. The minimum absolute atomic E-state index is 0.00958. The molecule has 3 aromatic heterocycles. The molecule has 0 aliphatic carbocycles. The van der Waals surface area contributed by atoms with Crippen molar-refractivity contribution in [3.05, 3.63) is 102 Å². The summed E-state index contributed by atoms with van der Waals surface area (Å²) in [6.45, 7) is 13.1. The number of rotatable bonds is 2. The van der Waals surface area contributed by atoms with Gasteiger partial charge < -0.3 is 5.11 Å². The highest BCUT2D eigenvalue weighted by molar-refractivity contribution is 5.90. The Balaban J connectivity index is 1.59. The number of fused-ring (bicyclic) bond motifs is 3. The molecule has 4 heterocycles. The van der Waals surface area contributed by atoms with Crippen LogP contribution in [0.2, 0.25) is 0 Å². The molecule has 5 nitrogen and oxygen atoms in total. The van der Waals surface area contributed by atoms with Crippen LogP contribution in [0.4, 0.5) is 17.2 Å². The molecule has 0 saturated heterocycles. The van der Waals surface area contributed by atoms with E-state index in [0.29, 0.717) is 5.52 Å². The van der Waals surface area contributed by atoms with Gasteiger partial charge in [0.2, 0.25) is 0 Å². The standard InChI is InChI=1S/C33H32N4O/c1-20-9-14-28(38)30-23(20)11-13-25(36-30)21-10-12-24-27(18-21)37(26-8-7-16-35-31(26)33(24,5)6)29-19-22(15-17-34-29)32(2,3)4/h7-19,38H,1-6H3. The van der Waals surface area contributed by atoms with Crippen LogP contribution in [0.5, 0.6) is 5.75 Å². The summed E-state index contributed by atoms with van der Waals surface area (Å²) in [6, 6.07) is 22.6. The van der Waals surface area contributed by atoms with E-state index in [2.05, 4.69) is 75.9 Å². The highest BCUT2D eigenvalue weighted by Crippen LogP contribution is 2.51. The fourth-order valence-electron chi connectivity index (χ4n) is 5.48. The third-order valence-electron chi connectivity index (χ3n) is 7.72. The maximum absolute atomic E-state index is 10.5. The first-order valence-corrected chi connectivity index (χ1v) is 13.0. The van der Waals surface area contributed by atoms with Crippen molar-refractivity contribution >= 4 is 28.1 Å². The molecule has 190 valence electrons. The topological polar surface area (TPSA) is 62.1 Å². The molecular formula is C33H32N4O. The van der Waals surface area contributed by atoms with Gasteiger partial charge in [0.15, 0.2) is 0 Å². The molecule has 1 N–H and O–H groups in total. The Bertz CT molecular complexity index is 1710. The van der Waals surface area contributed by atoms with Gasteiger partial charge in [0.05, 0.1) is 22.8 Å². The quantitative estimate of drug-likeness (QED) is 0.265. The fraction of sp³-hybridized carbons (Fsp3) is 0.242. The molecule has 0 bridgehead atoms. The Labute approximate surface area is 223 Å². The Hall–Kier alpha value is -4.25. The van der Waals surface area contributed by atoms with Gasteiger partial charge >= 0.3 is 0 Å². The zero-order valence-electron chi connectivity index (χ0n) is 22.7. The zero-order valence-corrected chi connectivity index (χ0v) is 22.7. The molecular weight excluding hydrogens is 468 g/mol. The number of hydrogen-bond donors (Lipinski definition) is 1. The summed E-state index contributed by atoms with van der Waals surface area (Å²) in [5.41, 5.74) is 8.69. The molecule has 0 radical (unpaired) electrons. The minimum Gasteiger partial charge on any atom is -0.506 e. The largest absolute Gasteiger partial charge is 0.506 e. The third kappa shape index (κ3) is 3.73. The molecule has 0 spiro atoms. The first-order chi connectivity index (χ1) is 18.1. The molecule has 0 fully saturated rings. The second-order valence-corrected chi connectivity index (χ2v) is 11.7. The molecule has 0 unspecified atom stereocenters. The number of anilines is 3. The summed E-state index contributed by atoms with van der Waals surface area (Å²) in [6.07, 6.45) is 3.76. The van der Waals surface area contributed by atoms with Crippen LogP contribution in [0.15, 0.2) is 79.1 Å². The third-order valence-corrected chi connectivity index (χ3v) is 7.72. The van der Waals surface area contributed by atoms with Crippen molar-refractivity contribution in [2.24, 2.45) is 0 Å². The number of aryl methyl sites for hydroxylation is 1. The van der Waals surface area contributed by atoms with Crippen LogP contribution in [0.3, 0.4) is 0 Å². The predicted molar refractivity (Wildman–Crippen MR) is 155 cm³/mol. The van der Waals surface area contributed by atoms with Crippen LogP contribution >= 0.6 is 0 Å². The maximum atomic E-state index is 10.5. The number of nitrogens with zero attached hydrogens (tertiary/aromatic N) is 4. The van der Waals surface area contributed by atoms with E-state index < -0.39 is 0 Å². The lowest BCUT2D eigenvalue weighted by atomic mass is 9.76. The van der Waals surface area contributed by atoms with E-state index in [-0.39, 0.29) is 16.6 Å². The number of phenolic OH excluding ortho intramolecular Hbond substituents is 1. The number of pyridine rings is 3. The van der Waals surface area contributed by atoms with Crippen molar-refractivity contribution in [3.8, 4) is 17.0 Å². The highest BCUT2D eigenvalue weighted by Gasteiger charge is 2.39. The molecule has 1 aliphatic rings. The Morgan fingerprint density at radius 3 is 2.45 bits per heavy atom. The molecule has 1 aliphatic heterocycles. The van der Waals surface area contributed by atoms with Crippen LogP contribution in [0.25, 0.3) is 22.2 Å². The molecule has 0 amide bonds. The van der Waals surface area contributed by atoms with Gasteiger partial charge in [0.1, 0.15) is 17.1 Å². The number of aromatic nitrogens is 3. The van der Waals surface area contributed by atoms with Crippen molar-refractivity contribution in [1.82, 2.24) is 15.0 Å².